The molecule has 0 atom stereocenters. The first-order valence-electron chi connectivity index (χ1n) is 6.87. The molecule has 0 bridgehead atoms. The van der Waals surface area contributed by atoms with Gasteiger partial charge >= 0.3 is 5.97 Å². The molecule has 0 N–H and O–H groups in total. The smallest absolute Gasteiger partial charge is 0.337 e. The number of hydrogen-bond acceptors (Lipinski definition) is 3. The second-order valence-corrected chi connectivity index (χ2v) is 5.02. The molecular weight excluding hydrogens is 276 g/mol. The minimum absolute atomic E-state index is 0.340. The molecule has 0 unspecified atom stereocenters. The van der Waals surface area contributed by atoms with Crippen LogP contribution in [0.15, 0.2) is 54.7 Å². The number of esters is 1. The van der Waals surface area contributed by atoms with Crippen molar-refractivity contribution >= 4 is 16.9 Å². The summed E-state index contributed by atoms with van der Waals surface area (Å²) in [6.07, 6.45) is 1.99. The number of carbonyl (C=O) groups excluding carboxylic acids is 1. The van der Waals surface area contributed by atoms with Gasteiger partial charge in [-0.25, -0.2) is 4.79 Å². The molecule has 1 aromatic heterocycles. The molecule has 0 aliphatic carbocycles. The van der Waals surface area contributed by atoms with Gasteiger partial charge in [-0.3, -0.25) is 0 Å². The van der Waals surface area contributed by atoms with E-state index in [0.29, 0.717) is 17.7 Å². The fourth-order valence-electron chi connectivity index (χ4n) is 2.45. The van der Waals surface area contributed by atoms with Crippen LogP contribution in [0.3, 0.4) is 0 Å². The molecule has 1 heterocycles. The van der Waals surface area contributed by atoms with Crippen LogP contribution in [0.4, 0.5) is 0 Å². The summed E-state index contributed by atoms with van der Waals surface area (Å²) >= 11 is 0. The predicted molar refractivity (Wildman–Crippen MR) is 83.5 cm³/mol. The van der Waals surface area contributed by atoms with E-state index >= 15 is 0 Å². The number of methoxy groups -OCH3 is 1. The highest BCUT2D eigenvalue weighted by Crippen LogP contribution is 2.19. The average molecular weight is 290 g/mol. The van der Waals surface area contributed by atoms with Crippen LogP contribution in [-0.2, 0) is 11.3 Å². The molecule has 22 heavy (non-hydrogen) atoms. The number of hydrogen-bond donors (Lipinski definition) is 0. The molecule has 3 aromatic rings. The molecule has 0 spiro atoms. The number of aromatic nitrogens is 1. The van der Waals surface area contributed by atoms with Crippen LogP contribution in [0.1, 0.15) is 21.5 Å². The number of benzene rings is 2. The fraction of sp³-hybridized carbons (Fsp3) is 0.111. The average Bonchev–Trinajstić information content (AvgIpc) is 2.97. The van der Waals surface area contributed by atoms with Gasteiger partial charge in [0.05, 0.1) is 24.3 Å². The summed E-state index contributed by atoms with van der Waals surface area (Å²) in [5.74, 6) is -0.340. The minimum Gasteiger partial charge on any atom is -0.465 e. The predicted octanol–water partition coefficient (Wildman–Crippen LogP) is 3.35. The molecule has 0 saturated carbocycles. The van der Waals surface area contributed by atoms with Crippen LogP contribution < -0.4 is 0 Å². The minimum atomic E-state index is -0.340. The number of carbonyl (C=O) groups is 1. The van der Waals surface area contributed by atoms with Gasteiger partial charge in [-0.05, 0) is 41.3 Å². The number of nitriles is 1. The Balaban J connectivity index is 1.96. The van der Waals surface area contributed by atoms with Crippen molar-refractivity contribution in [3.8, 4) is 6.07 Å². The van der Waals surface area contributed by atoms with E-state index in [0.717, 1.165) is 16.5 Å². The summed E-state index contributed by atoms with van der Waals surface area (Å²) in [7, 11) is 1.38. The van der Waals surface area contributed by atoms with Crippen molar-refractivity contribution in [2.24, 2.45) is 0 Å². The summed E-state index contributed by atoms with van der Waals surface area (Å²) in [4.78, 5) is 11.7. The Kier molecular flexibility index (Phi) is 3.63. The van der Waals surface area contributed by atoms with E-state index in [1.807, 2.05) is 36.5 Å². The Morgan fingerprint density at radius 3 is 2.64 bits per heavy atom. The molecule has 0 amide bonds. The number of fused-ring (bicyclic) bond motifs is 1. The third-order valence-electron chi connectivity index (χ3n) is 3.63. The lowest BCUT2D eigenvalue weighted by Gasteiger charge is -2.07. The van der Waals surface area contributed by atoms with Crippen molar-refractivity contribution in [3.63, 3.8) is 0 Å². The zero-order chi connectivity index (χ0) is 15.5. The molecule has 108 valence electrons. The van der Waals surface area contributed by atoms with Gasteiger partial charge in [0.2, 0.25) is 0 Å². The summed E-state index contributed by atoms with van der Waals surface area (Å²) in [6.45, 7) is 0.680. The maximum absolute atomic E-state index is 11.7. The highest BCUT2D eigenvalue weighted by molar-refractivity contribution is 5.94. The molecule has 0 fully saturated rings. The SMILES string of the molecule is COC(=O)c1ccc2ccn(Cc3ccc(C#N)cc3)c2c1. The van der Waals surface area contributed by atoms with E-state index in [2.05, 4.69) is 10.6 Å². The molecule has 3 rings (SSSR count). The van der Waals surface area contributed by atoms with Crippen LogP contribution in [-0.4, -0.2) is 17.6 Å². The molecule has 0 saturated heterocycles. The zero-order valence-electron chi connectivity index (χ0n) is 12.1. The van der Waals surface area contributed by atoms with Crippen LogP contribution in [0, 0.1) is 11.3 Å². The first-order chi connectivity index (χ1) is 10.7. The second-order valence-electron chi connectivity index (χ2n) is 5.02. The van der Waals surface area contributed by atoms with Crippen molar-refractivity contribution in [1.82, 2.24) is 4.57 Å². The number of ether oxygens (including phenoxy) is 1. The molecule has 4 nitrogen and oxygen atoms in total. The van der Waals surface area contributed by atoms with Crippen molar-refractivity contribution < 1.29 is 9.53 Å². The van der Waals surface area contributed by atoms with Gasteiger partial charge in [-0.15, -0.1) is 0 Å². The normalized spacial score (nSPS) is 10.4. The van der Waals surface area contributed by atoms with E-state index < -0.39 is 0 Å². The maximum atomic E-state index is 11.7. The van der Waals surface area contributed by atoms with Gasteiger partial charge in [0.1, 0.15) is 0 Å². The third-order valence-corrected chi connectivity index (χ3v) is 3.63. The van der Waals surface area contributed by atoms with Crippen LogP contribution >= 0.6 is 0 Å². The van der Waals surface area contributed by atoms with Gasteiger partial charge < -0.3 is 9.30 Å². The van der Waals surface area contributed by atoms with Gasteiger partial charge in [-0.1, -0.05) is 18.2 Å². The largest absolute Gasteiger partial charge is 0.465 e. The molecule has 2 aromatic carbocycles. The number of rotatable bonds is 3. The van der Waals surface area contributed by atoms with Gasteiger partial charge in [0.25, 0.3) is 0 Å². The summed E-state index contributed by atoms with van der Waals surface area (Å²) in [5, 5.41) is 9.90. The van der Waals surface area contributed by atoms with Crippen LogP contribution in [0.25, 0.3) is 10.9 Å². The Bertz CT molecular complexity index is 870. The van der Waals surface area contributed by atoms with Gasteiger partial charge in [0.15, 0.2) is 0 Å². The van der Waals surface area contributed by atoms with Crippen molar-refractivity contribution in [1.29, 1.82) is 5.26 Å². The molecule has 0 aliphatic heterocycles. The Morgan fingerprint density at radius 2 is 1.95 bits per heavy atom. The Hall–Kier alpha value is -3.06. The van der Waals surface area contributed by atoms with Crippen LogP contribution in [0.5, 0.6) is 0 Å². The highest BCUT2D eigenvalue weighted by Gasteiger charge is 2.08. The van der Waals surface area contributed by atoms with Crippen molar-refractivity contribution in [2.75, 3.05) is 7.11 Å². The van der Waals surface area contributed by atoms with Crippen molar-refractivity contribution in [3.05, 3.63) is 71.4 Å². The second kappa shape index (κ2) is 5.74. The van der Waals surface area contributed by atoms with Crippen molar-refractivity contribution in [2.45, 2.75) is 6.54 Å². The van der Waals surface area contributed by atoms with E-state index in [9.17, 15) is 4.79 Å². The van der Waals surface area contributed by atoms with E-state index in [-0.39, 0.29) is 5.97 Å². The lowest BCUT2D eigenvalue weighted by molar-refractivity contribution is 0.0601. The fourth-order valence-corrected chi connectivity index (χ4v) is 2.45. The van der Waals surface area contributed by atoms with E-state index in [4.69, 9.17) is 10.00 Å². The van der Waals surface area contributed by atoms with Crippen LogP contribution in [0.2, 0.25) is 0 Å². The summed E-state index contributed by atoms with van der Waals surface area (Å²) < 4.78 is 6.84. The molecule has 4 heteroatoms. The van der Waals surface area contributed by atoms with E-state index in [1.54, 1.807) is 18.2 Å². The first-order valence-corrected chi connectivity index (χ1v) is 6.87. The standard InChI is InChI=1S/C18H14N2O2/c1-22-18(21)16-7-6-15-8-9-20(17(15)10-16)12-14-4-2-13(11-19)3-5-14/h2-10H,12H2,1H3. The maximum Gasteiger partial charge on any atom is 0.337 e. The summed E-state index contributed by atoms with van der Waals surface area (Å²) in [6, 6.07) is 17.1. The Morgan fingerprint density at radius 1 is 1.18 bits per heavy atom. The lowest BCUT2D eigenvalue weighted by Crippen LogP contribution is -2.02. The topological polar surface area (TPSA) is 55.0 Å². The van der Waals surface area contributed by atoms with Gasteiger partial charge in [0, 0.05) is 18.3 Å². The van der Waals surface area contributed by atoms with E-state index in [1.165, 1.54) is 7.11 Å². The highest BCUT2D eigenvalue weighted by atomic mass is 16.5. The molecular formula is C18H14N2O2. The Labute approximate surface area is 128 Å². The lowest BCUT2D eigenvalue weighted by atomic mass is 10.1. The number of nitrogens with zero attached hydrogens (tertiary/aromatic N) is 2. The van der Waals surface area contributed by atoms with Gasteiger partial charge in [-0.2, -0.15) is 5.26 Å². The molecule has 0 radical (unpaired) electrons. The quantitative estimate of drug-likeness (QED) is 0.695. The summed E-state index contributed by atoms with van der Waals surface area (Å²) in [5.41, 5.74) is 3.26. The third kappa shape index (κ3) is 2.57. The zero-order valence-corrected chi connectivity index (χ0v) is 12.1. The first kappa shape index (κ1) is 13.9. The molecule has 0 aliphatic rings. The monoisotopic (exact) mass is 290 g/mol.